The van der Waals surface area contributed by atoms with Gasteiger partial charge in [0.25, 0.3) is 5.91 Å². The molecule has 0 unspecified atom stereocenters. The molecule has 0 saturated carbocycles. The van der Waals surface area contributed by atoms with E-state index in [2.05, 4.69) is 0 Å². The highest BCUT2D eigenvalue weighted by molar-refractivity contribution is 6.35. The first-order valence-corrected chi connectivity index (χ1v) is 8.31. The van der Waals surface area contributed by atoms with Gasteiger partial charge >= 0.3 is 6.03 Å². The van der Waals surface area contributed by atoms with Gasteiger partial charge in [-0.3, -0.25) is 9.69 Å². The quantitative estimate of drug-likeness (QED) is 0.512. The summed E-state index contributed by atoms with van der Waals surface area (Å²) in [5.74, 6) is -0.339. The lowest BCUT2D eigenvalue weighted by atomic mass is 10.1. The van der Waals surface area contributed by atoms with Crippen molar-refractivity contribution in [2.45, 2.75) is 0 Å². The van der Waals surface area contributed by atoms with E-state index < -0.39 is 0 Å². The minimum absolute atomic E-state index is 0.330. The van der Waals surface area contributed by atoms with Gasteiger partial charge in [-0.1, -0.05) is 66.7 Å². The molecule has 1 heterocycles. The third kappa shape index (κ3) is 2.78. The van der Waals surface area contributed by atoms with Gasteiger partial charge in [0.1, 0.15) is 5.70 Å². The molecular weight excluding hydrogens is 324 g/mol. The summed E-state index contributed by atoms with van der Waals surface area (Å²) in [6.45, 7) is 0. The molecule has 3 amide bonds. The number of carbonyl (C=O) groups is 2. The zero-order valence-corrected chi connectivity index (χ0v) is 13.9. The predicted molar refractivity (Wildman–Crippen MR) is 103 cm³/mol. The Bertz CT molecular complexity index is 967. The first-order valence-electron chi connectivity index (χ1n) is 8.31. The first kappa shape index (κ1) is 15.8. The Hall–Kier alpha value is -3.66. The van der Waals surface area contributed by atoms with Crippen LogP contribution in [0, 0.1) is 0 Å². The van der Waals surface area contributed by atoms with E-state index in [0.29, 0.717) is 17.1 Å². The third-order valence-electron chi connectivity index (χ3n) is 4.18. The van der Waals surface area contributed by atoms with Crippen LogP contribution in [0.3, 0.4) is 0 Å². The summed E-state index contributed by atoms with van der Waals surface area (Å²) in [5, 5.41) is 0. The van der Waals surface area contributed by atoms with E-state index in [9.17, 15) is 9.59 Å². The zero-order valence-electron chi connectivity index (χ0n) is 13.9. The van der Waals surface area contributed by atoms with Crippen molar-refractivity contribution in [1.29, 1.82) is 0 Å². The van der Waals surface area contributed by atoms with E-state index in [0.717, 1.165) is 5.56 Å². The van der Waals surface area contributed by atoms with Crippen LogP contribution in [0.5, 0.6) is 0 Å². The molecule has 0 radical (unpaired) electrons. The second kappa shape index (κ2) is 6.69. The fourth-order valence-corrected chi connectivity index (χ4v) is 2.96. The number of urea groups is 1. The number of imide groups is 1. The summed E-state index contributed by atoms with van der Waals surface area (Å²) in [7, 11) is 0. The van der Waals surface area contributed by atoms with Crippen LogP contribution in [0.15, 0.2) is 96.7 Å². The van der Waals surface area contributed by atoms with Crippen LogP contribution in [0.25, 0.3) is 6.08 Å². The van der Waals surface area contributed by atoms with Crippen LogP contribution in [-0.2, 0) is 4.79 Å². The lowest BCUT2D eigenvalue weighted by molar-refractivity contribution is -0.113. The van der Waals surface area contributed by atoms with E-state index >= 15 is 0 Å². The van der Waals surface area contributed by atoms with Gasteiger partial charge in [0.15, 0.2) is 0 Å². The van der Waals surface area contributed by atoms with E-state index in [1.807, 2.05) is 78.9 Å². The van der Waals surface area contributed by atoms with E-state index in [4.69, 9.17) is 0 Å². The van der Waals surface area contributed by atoms with E-state index in [1.54, 1.807) is 18.2 Å². The van der Waals surface area contributed by atoms with Gasteiger partial charge in [0, 0.05) is 0 Å². The summed E-state index contributed by atoms with van der Waals surface area (Å²) in [6, 6.07) is 27.3. The number of amides is 3. The van der Waals surface area contributed by atoms with Gasteiger partial charge in [-0.15, -0.1) is 0 Å². The standard InChI is InChI=1S/C22H16N2O2/c25-21-20(16-17-10-4-1-5-11-17)23(18-12-6-2-7-13-18)22(26)24(21)19-14-8-3-9-15-19/h1-16H. The van der Waals surface area contributed by atoms with Crippen LogP contribution >= 0.6 is 0 Å². The van der Waals surface area contributed by atoms with Crippen molar-refractivity contribution in [2.75, 3.05) is 9.80 Å². The van der Waals surface area contributed by atoms with Crippen LogP contribution in [-0.4, -0.2) is 11.9 Å². The molecule has 0 N–H and O–H groups in total. The number of benzene rings is 3. The van der Waals surface area contributed by atoms with Crippen molar-refractivity contribution < 1.29 is 9.59 Å². The minimum atomic E-state index is -0.380. The van der Waals surface area contributed by atoms with Crippen LogP contribution in [0.1, 0.15) is 5.56 Å². The van der Waals surface area contributed by atoms with Gasteiger partial charge < -0.3 is 0 Å². The molecule has 0 atom stereocenters. The van der Waals surface area contributed by atoms with Crippen LogP contribution < -0.4 is 9.80 Å². The molecule has 1 fully saturated rings. The molecule has 0 aliphatic carbocycles. The van der Waals surface area contributed by atoms with Gasteiger partial charge in [0.05, 0.1) is 11.4 Å². The van der Waals surface area contributed by atoms with Crippen molar-refractivity contribution in [3.8, 4) is 0 Å². The predicted octanol–water partition coefficient (Wildman–Crippen LogP) is 4.70. The van der Waals surface area contributed by atoms with Crippen LogP contribution in [0.4, 0.5) is 16.2 Å². The topological polar surface area (TPSA) is 40.6 Å². The summed E-state index contributed by atoms with van der Waals surface area (Å²) in [5.41, 5.74) is 2.40. The number of para-hydroxylation sites is 2. The maximum Gasteiger partial charge on any atom is 0.340 e. The Morgan fingerprint density at radius 3 is 1.58 bits per heavy atom. The lowest BCUT2D eigenvalue weighted by Gasteiger charge is -2.17. The molecule has 126 valence electrons. The van der Waals surface area contributed by atoms with Gasteiger partial charge in [0.2, 0.25) is 0 Å². The van der Waals surface area contributed by atoms with Crippen molar-refractivity contribution in [2.24, 2.45) is 0 Å². The Labute approximate surface area is 151 Å². The van der Waals surface area contributed by atoms with Crippen molar-refractivity contribution >= 4 is 29.4 Å². The van der Waals surface area contributed by atoms with Gasteiger partial charge in [-0.2, -0.15) is 0 Å². The van der Waals surface area contributed by atoms with Crippen molar-refractivity contribution in [1.82, 2.24) is 0 Å². The number of rotatable bonds is 3. The first-order chi connectivity index (χ1) is 12.8. The number of nitrogens with zero attached hydrogens (tertiary/aromatic N) is 2. The van der Waals surface area contributed by atoms with Crippen molar-refractivity contribution in [3.63, 3.8) is 0 Å². The number of carbonyl (C=O) groups excluding carboxylic acids is 2. The third-order valence-corrected chi connectivity index (χ3v) is 4.18. The second-order valence-corrected chi connectivity index (χ2v) is 5.87. The molecule has 4 rings (SSSR count). The van der Waals surface area contributed by atoms with Gasteiger partial charge in [-0.25, -0.2) is 9.69 Å². The normalized spacial score (nSPS) is 15.8. The number of hydrogen-bond donors (Lipinski definition) is 0. The average molecular weight is 340 g/mol. The molecule has 1 saturated heterocycles. The Morgan fingerprint density at radius 1 is 0.577 bits per heavy atom. The highest BCUT2D eigenvalue weighted by Gasteiger charge is 2.42. The van der Waals surface area contributed by atoms with E-state index in [1.165, 1.54) is 9.80 Å². The highest BCUT2D eigenvalue weighted by Crippen LogP contribution is 2.32. The molecule has 26 heavy (non-hydrogen) atoms. The van der Waals surface area contributed by atoms with Crippen molar-refractivity contribution in [3.05, 3.63) is 102 Å². The zero-order chi connectivity index (χ0) is 17.9. The molecule has 3 aromatic carbocycles. The number of anilines is 2. The summed E-state index contributed by atoms with van der Waals surface area (Å²) < 4.78 is 0. The number of hydrogen-bond acceptors (Lipinski definition) is 2. The molecule has 4 heteroatoms. The Morgan fingerprint density at radius 2 is 1.04 bits per heavy atom. The Balaban J connectivity index is 1.85. The second-order valence-electron chi connectivity index (χ2n) is 5.87. The molecule has 0 bridgehead atoms. The molecule has 1 aliphatic rings. The summed E-state index contributed by atoms with van der Waals surface area (Å²) >= 11 is 0. The molecule has 0 spiro atoms. The maximum atomic E-state index is 13.1. The molecule has 4 nitrogen and oxygen atoms in total. The fraction of sp³-hybridized carbons (Fsp3) is 0. The maximum absolute atomic E-state index is 13.1. The fourth-order valence-electron chi connectivity index (χ4n) is 2.96. The monoisotopic (exact) mass is 340 g/mol. The van der Waals surface area contributed by atoms with E-state index in [-0.39, 0.29) is 11.9 Å². The van der Waals surface area contributed by atoms with Gasteiger partial charge in [-0.05, 0) is 35.9 Å². The minimum Gasteiger partial charge on any atom is -0.266 e. The average Bonchev–Trinajstić information content (AvgIpc) is 2.94. The smallest absolute Gasteiger partial charge is 0.266 e. The van der Waals surface area contributed by atoms with Crippen LogP contribution in [0.2, 0.25) is 0 Å². The Kier molecular flexibility index (Phi) is 4.07. The molecule has 3 aromatic rings. The molecule has 0 aromatic heterocycles. The molecule has 1 aliphatic heterocycles. The molecular formula is C22H16N2O2. The summed E-state index contributed by atoms with van der Waals surface area (Å²) in [6.07, 6.45) is 1.75. The summed E-state index contributed by atoms with van der Waals surface area (Å²) in [4.78, 5) is 28.9. The lowest BCUT2D eigenvalue weighted by Crippen LogP contribution is -2.32. The SMILES string of the molecule is O=C1C(=Cc2ccccc2)N(c2ccccc2)C(=O)N1c1ccccc1. The largest absolute Gasteiger partial charge is 0.340 e. The highest BCUT2D eigenvalue weighted by atomic mass is 16.2.